The van der Waals surface area contributed by atoms with Crippen LogP contribution in [0.1, 0.15) is 49.4 Å². The Kier molecular flexibility index (Phi) is 6.87. The molecule has 1 aliphatic rings. The van der Waals surface area contributed by atoms with Crippen LogP contribution in [0.25, 0.3) is 35.3 Å². The topological polar surface area (TPSA) is 59.2 Å². The van der Waals surface area contributed by atoms with Crippen molar-refractivity contribution in [2.75, 3.05) is 13.1 Å². The minimum Gasteiger partial charge on any atom is -0.299 e. The Morgan fingerprint density at radius 3 is 2.56 bits per heavy atom. The lowest BCUT2D eigenvalue weighted by Crippen LogP contribution is -2.35. The minimum absolute atomic E-state index is 0.454. The van der Waals surface area contributed by atoms with Gasteiger partial charge < -0.3 is 0 Å². The van der Waals surface area contributed by atoms with Crippen molar-refractivity contribution >= 4 is 24.0 Å². The van der Waals surface area contributed by atoms with Gasteiger partial charge in [-0.15, -0.1) is 0 Å². The number of likely N-dealkylation sites (tertiary alicyclic amines) is 1. The number of nitrogens with zero attached hydrogens (tertiary/aromatic N) is 6. The SMILES string of the molecule is C=C(/C=C\C)c1cn2ccnc2nc1-c1ccc(CN2CCC(c3cn/c(=C/C)c(=C)n3)CC2)cc1. The van der Waals surface area contributed by atoms with E-state index in [0.29, 0.717) is 11.7 Å². The van der Waals surface area contributed by atoms with Gasteiger partial charge in [-0.1, -0.05) is 55.7 Å². The molecule has 0 atom stereocenters. The van der Waals surface area contributed by atoms with Crippen LogP contribution in [-0.2, 0) is 6.54 Å². The third-order valence-corrected chi connectivity index (χ3v) is 6.91. The number of aromatic nitrogens is 5. The van der Waals surface area contributed by atoms with Gasteiger partial charge in [0.1, 0.15) is 0 Å². The van der Waals surface area contributed by atoms with Gasteiger partial charge in [0, 0.05) is 48.4 Å². The highest BCUT2D eigenvalue weighted by atomic mass is 15.1. The Hall–Kier alpha value is -3.90. The van der Waals surface area contributed by atoms with Crippen LogP contribution in [0, 0.1) is 0 Å². The van der Waals surface area contributed by atoms with Crippen LogP contribution in [0.4, 0.5) is 0 Å². The number of allylic oxidation sites excluding steroid dienone is 3. The van der Waals surface area contributed by atoms with Gasteiger partial charge in [0.25, 0.3) is 0 Å². The molecule has 1 aliphatic heterocycles. The third kappa shape index (κ3) is 4.90. The second-order valence-corrected chi connectivity index (χ2v) is 9.33. The third-order valence-electron chi connectivity index (χ3n) is 6.91. The van der Waals surface area contributed by atoms with Crippen LogP contribution in [0.5, 0.6) is 0 Å². The first-order valence-corrected chi connectivity index (χ1v) is 12.5. The zero-order chi connectivity index (χ0) is 25.1. The number of rotatable bonds is 6. The fourth-order valence-electron chi connectivity index (χ4n) is 4.90. The van der Waals surface area contributed by atoms with Crippen molar-refractivity contribution in [3.05, 3.63) is 95.3 Å². The van der Waals surface area contributed by atoms with Crippen LogP contribution in [0.15, 0.2) is 67.8 Å². The number of imidazole rings is 1. The number of benzene rings is 1. The average Bonchev–Trinajstić information content (AvgIpc) is 3.37. The molecule has 0 amide bonds. The molecular formula is C30H32N6. The van der Waals surface area contributed by atoms with Crippen molar-refractivity contribution in [2.24, 2.45) is 0 Å². The van der Waals surface area contributed by atoms with Crippen molar-refractivity contribution < 1.29 is 0 Å². The molecule has 0 radical (unpaired) electrons. The monoisotopic (exact) mass is 476 g/mol. The predicted molar refractivity (Wildman–Crippen MR) is 146 cm³/mol. The van der Waals surface area contributed by atoms with Crippen LogP contribution >= 0.6 is 0 Å². The van der Waals surface area contributed by atoms with Gasteiger partial charge in [0.2, 0.25) is 5.78 Å². The van der Waals surface area contributed by atoms with E-state index in [1.165, 1.54) is 5.56 Å². The largest absolute Gasteiger partial charge is 0.299 e. The molecule has 6 heteroatoms. The maximum atomic E-state index is 4.84. The summed E-state index contributed by atoms with van der Waals surface area (Å²) in [7, 11) is 0. The standard InChI is InChI=1S/C30H32N6/c1-5-7-21(3)26-20-36-17-14-31-30(36)34-29(26)25-10-8-23(9-11-25)19-35-15-12-24(13-16-35)28-18-32-27(6-2)22(4)33-28/h5-11,14,17-18,20,24H,3-4,12-13,15-16,19H2,1-2H3/b7-5-,27-6+. The molecule has 1 fully saturated rings. The number of piperidine rings is 1. The quantitative estimate of drug-likeness (QED) is 0.387. The molecule has 3 aromatic heterocycles. The van der Waals surface area contributed by atoms with E-state index in [1.54, 1.807) is 6.20 Å². The lowest BCUT2D eigenvalue weighted by molar-refractivity contribution is 0.203. The minimum atomic E-state index is 0.454. The summed E-state index contributed by atoms with van der Waals surface area (Å²) >= 11 is 0. The average molecular weight is 477 g/mol. The van der Waals surface area contributed by atoms with Crippen molar-refractivity contribution in [3.63, 3.8) is 0 Å². The summed E-state index contributed by atoms with van der Waals surface area (Å²) in [6, 6.07) is 8.74. The molecule has 0 bridgehead atoms. The Labute approximate surface area is 212 Å². The van der Waals surface area contributed by atoms with Gasteiger partial charge in [-0.2, -0.15) is 0 Å². The highest BCUT2D eigenvalue weighted by Crippen LogP contribution is 2.29. The van der Waals surface area contributed by atoms with Gasteiger partial charge in [-0.05, 0) is 50.9 Å². The van der Waals surface area contributed by atoms with E-state index in [2.05, 4.69) is 58.5 Å². The molecule has 5 rings (SSSR count). The van der Waals surface area contributed by atoms with Crippen LogP contribution in [0.3, 0.4) is 0 Å². The fraction of sp³-hybridized carbons (Fsp3) is 0.267. The van der Waals surface area contributed by atoms with Gasteiger partial charge in [-0.3, -0.25) is 14.3 Å². The second-order valence-electron chi connectivity index (χ2n) is 9.33. The first-order chi connectivity index (χ1) is 17.6. The molecule has 6 nitrogen and oxygen atoms in total. The molecule has 0 aliphatic carbocycles. The Bertz CT molecular complexity index is 1520. The van der Waals surface area contributed by atoms with E-state index in [9.17, 15) is 0 Å². The summed E-state index contributed by atoms with van der Waals surface area (Å²) in [5.74, 6) is 1.14. The Balaban J connectivity index is 1.28. The summed E-state index contributed by atoms with van der Waals surface area (Å²) in [5, 5.41) is 1.65. The zero-order valence-corrected chi connectivity index (χ0v) is 21.1. The molecule has 4 aromatic rings. The fourth-order valence-corrected chi connectivity index (χ4v) is 4.90. The zero-order valence-electron chi connectivity index (χ0n) is 21.1. The van der Waals surface area contributed by atoms with E-state index in [4.69, 9.17) is 9.97 Å². The highest BCUT2D eigenvalue weighted by Gasteiger charge is 2.22. The van der Waals surface area contributed by atoms with Crippen molar-refractivity contribution in [1.82, 2.24) is 29.2 Å². The molecule has 36 heavy (non-hydrogen) atoms. The van der Waals surface area contributed by atoms with Gasteiger partial charge in [0.05, 0.1) is 22.1 Å². The van der Waals surface area contributed by atoms with E-state index >= 15 is 0 Å². The normalized spacial score (nSPS) is 15.8. The summed E-state index contributed by atoms with van der Waals surface area (Å²) in [6.07, 6.45) is 15.8. The van der Waals surface area contributed by atoms with E-state index in [-0.39, 0.29) is 0 Å². The summed E-state index contributed by atoms with van der Waals surface area (Å²) < 4.78 is 1.94. The van der Waals surface area contributed by atoms with Crippen LogP contribution in [0.2, 0.25) is 0 Å². The number of hydrogen-bond acceptors (Lipinski definition) is 5. The first-order valence-electron chi connectivity index (χ1n) is 12.5. The highest BCUT2D eigenvalue weighted by molar-refractivity contribution is 5.82. The van der Waals surface area contributed by atoms with Crippen molar-refractivity contribution in [1.29, 1.82) is 0 Å². The smallest absolute Gasteiger partial charge is 0.234 e. The van der Waals surface area contributed by atoms with Crippen molar-refractivity contribution in [2.45, 2.75) is 39.2 Å². The summed E-state index contributed by atoms with van der Waals surface area (Å²) in [5.41, 5.74) is 6.29. The summed E-state index contributed by atoms with van der Waals surface area (Å²) in [6.45, 7) is 15.3. The predicted octanol–water partition coefficient (Wildman–Crippen LogP) is 4.37. The van der Waals surface area contributed by atoms with Gasteiger partial charge >= 0.3 is 0 Å². The Morgan fingerprint density at radius 2 is 1.86 bits per heavy atom. The molecule has 182 valence electrons. The van der Waals surface area contributed by atoms with Gasteiger partial charge in [0.15, 0.2) is 0 Å². The second kappa shape index (κ2) is 10.4. The molecule has 0 saturated carbocycles. The van der Waals surface area contributed by atoms with Crippen molar-refractivity contribution in [3.8, 4) is 11.3 Å². The first kappa shape index (κ1) is 23.8. The van der Waals surface area contributed by atoms with E-state index in [1.807, 2.05) is 48.9 Å². The maximum Gasteiger partial charge on any atom is 0.234 e. The lowest BCUT2D eigenvalue weighted by Gasteiger charge is -2.31. The molecule has 1 aromatic carbocycles. The molecular weight excluding hydrogens is 444 g/mol. The van der Waals surface area contributed by atoms with Crippen LogP contribution < -0.4 is 10.7 Å². The molecule has 0 spiro atoms. The Morgan fingerprint density at radius 1 is 1.08 bits per heavy atom. The lowest BCUT2D eigenvalue weighted by atomic mass is 9.93. The van der Waals surface area contributed by atoms with Crippen LogP contribution in [-0.4, -0.2) is 42.3 Å². The molecule has 4 heterocycles. The van der Waals surface area contributed by atoms with E-state index < -0.39 is 0 Å². The maximum absolute atomic E-state index is 4.84. The summed E-state index contributed by atoms with van der Waals surface area (Å²) in [4.78, 5) is 21.0. The molecule has 0 unspecified atom stereocenters. The number of hydrogen-bond donors (Lipinski definition) is 0. The van der Waals surface area contributed by atoms with Gasteiger partial charge in [-0.25, -0.2) is 15.0 Å². The number of fused-ring (bicyclic) bond motifs is 1. The van der Waals surface area contributed by atoms with E-state index in [0.717, 1.165) is 71.3 Å². The molecule has 0 N–H and O–H groups in total. The molecule has 1 saturated heterocycles.